The molecule has 1 unspecified atom stereocenters. The van der Waals surface area contributed by atoms with Crippen molar-refractivity contribution in [3.8, 4) is 5.75 Å². The predicted molar refractivity (Wildman–Crippen MR) is 93.7 cm³/mol. The SMILES string of the molecule is COc1ccc(F)cc1C(C)NC(=O)c1ccc(SC)c([N+](=O)[O-])c1. The second kappa shape index (κ2) is 7.98. The molecule has 1 amide bonds. The molecule has 25 heavy (non-hydrogen) atoms. The van der Waals surface area contributed by atoms with Crippen molar-refractivity contribution in [1.82, 2.24) is 5.32 Å². The van der Waals surface area contributed by atoms with Crippen LogP contribution in [0.4, 0.5) is 10.1 Å². The zero-order valence-corrected chi connectivity index (χ0v) is 14.7. The largest absolute Gasteiger partial charge is 0.496 e. The summed E-state index contributed by atoms with van der Waals surface area (Å²) in [6.45, 7) is 1.68. The highest BCUT2D eigenvalue weighted by molar-refractivity contribution is 7.98. The number of nitro groups is 1. The first kappa shape index (κ1) is 18.7. The maximum absolute atomic E-state index is 13.5. The summed E-state index contributed by atoms with van der Waals surface area (Å²) < 4.78 is 18.7. The van der Waals surface area contributed by atoms with Crippen LogP contribution in [-0.4, -0.2) is 24.2 Å². The molecule has 0 spiro atoms. The van der Waals surface area contributed by atoms with Crippen molar-refractivity contribution < 1.29 is 18.8 Å². The normalized spacial score (nSPS) is 11.7. The molecule has 0 heterocycles. The third-order valence-electron chi connectivity index (χ3n) is 3.64. The van der Waals surface area contributed by atoms with Gasteiger partial charge in [0, 0.05) is 17.2 Å². The molecule has 8 heteroatoms. The molecule has 0 saturated heterocycles. The zero-order chi connectivity index (χ0) is 18.6. The van der Waals surface area contributed by atoms with E-state index in [-0.39, 0.29) is 11.3 Å². The summed E-state index contributed by atoms with van der Waals surface area (Å²) in [5.74, 6) is -0.496. The van der Waals surface area contributed by atoms with Crippen LogP contribution >= 0.6 is 11.8 Å². The number of carbonyl (C=O) groups is 1. The summed E-state index contributed by atoms with van der Waals surface area (Å²) in [5, 5.41) is 13.8. The number of methoxy groups -OCH3 is 1. The summed E-state index contributed by atoms with van der Waals surface area (Å²) in [4.78, 5) is 23.5. The number of nitrogens with zero attached hydrogens (tertiary/aromatic N) is 1. The number of hydrogen-bond acceptors (Lipinski definition) is 5. The van der Waals surface area contributed by atoms with Gasteiger partial charge >= 0.3 is 0 Å². The van der Waals surface area contributed by atoms with Crippen molar-refractivity contribution in [2.75, 3.05) is 13.4 Å². The highest BCUT2D eigenvalue weighted by atomic mass is 32.2. The van der Waals surface area contributed by atoms with Crippen molar-refractivity contribution in [2.24, 2.45) is 0 Å². The summed E-state index contributed by atoms with van der Waals surface area (Å²) in [7, 11) is 1.45. The number of thioether (sulfide) groups is 1. The lowest BCUT2D eigenvalue weighted by atomic mass is 10.1. The number of nitrogens with one attached hydrogen (secondary N) is 1. The van der Waals surface area contributed by atoms with Gasteiger partial charge in [-0.2, -0.15) is 0 Å². The Balaban J connectivity index is 2.26. The number of nitro benzene ring substituents is 1. The molecule has 1 atom stereocenters. The minimum Gasteiger partial charge on any atom is -0.496 e. The number of benzene rings is 2. The average molecular weight is 364 g/mol. The lowest BCUT2D eigenvalue weighted by molar-refractivity contribution is -0.387. The molecule has 132 valence electrons. The molecule has 2 aromatic rings. The van der Waals surface area contributed by atoms with Gasteiger partial charge in [0.2, 0.25) is 0 Å². The lowest BCUT2D eigenvalue weighted by Crippen LogP contribution is -2.27. The van der Waals surface area contributed by atoms with Crippen molar-refractivity contribution in [2.45, 2.75) is 17.9 Å². The highest BCUT2D eigenvalue weighted by Crippen LogP contribution is 2.29. The Hall–Kier alpha value is -2.61. The van der Waals surface area contributed by atoms with Crippen molar-refractivity contribution >= 4 is 23.4 Å². The molecule has 0 aromatic heterocycles. The van der Waals surface area contributed by atoms with Gasteiger partial charge in [0.15, 0.2) is 0 Å². The first-order valence-electron chi connectivity index (χ1n) is 7.34. The number of rotatable bonds is 6. The van der Waals surface area contributed by atoms with E-state index in [4.69, 9.17) is 4.74 Å². The minimum absolute atomic E-state index is 0.129. The molecule has 0 fully saturated rings. The van der Waals surface area contributed by atoms with Crippen LogP contribution in [0.1, 0.15) is 28.9 Å². The second-order valence-electron chi connectivity index (χ2n) is 5.23. The molecule has 0 radical (unpaired) electrons. The summed E-state index contributed by atoms with van der Waals surface area (Å²) >= 11 is 1.23. The van der Waals surface area contributed by atoms with Crippen molar-refractivity contribution in [3.63, 3.8) is 0 Å². The van der Waals surface area contributed by atoms with E-state index in [0.717, 1.165) is 0 Å². The number of amides is 1. The summed E-state index contributed by atoms with van der Waals surface area (Å²) in [6, 6.07) is 7.76. The number of ether oxygens (including phenoxy) is 1. The van der Waals surface area contributed by atoms with Crippen LogP contribution in [0.15, 0.2) is 41.3 Å². The van der Waals surface area contributed by atoms with Crippen LogP contribution in [0.25, 0.3) is 0 Å². The van der Waals surface area contributed by atoms with Gasteiger partial charge in [-0.3, -0.25) is 14.9 Å². The smallest absolute Gasteiger partial charge is 0.283 e. The second-order valence-corrected chi connectivity index (χ2v) is 6.07. The number of hydrogen-bond donors (Lipinski definition) is 1. The standard InChI is InChI=1S/C17H17FN2O4S/c1-10(13-9-12(18)5-6-15(13)24-2)19-17(21)11-4-7-16(25-3)14(8-11)20(22)23/h4-10H,1-3H3,(H,19,21). The fourth-order valence-electron chi connectivity index (χ4n) is 2.38. The van der Waals surface area contributed by atoms with Crippen molar-refractivity contribution in [1.29, 1.82) is 0 Å². The van der Waals surface area contributed by atoms with Crippen LogP contribution in [-0.2, 0) is 0 Å². The van der Waals surface area contributed by atoms with E-state index < -0.39 is 22.7 Å². The average Bonchev–Trinajstić information content (AvgIpc) is 2.60. The van der Waals surface area contributed by atoms with Gasteiger partial charge in [-0.15, -0.1) is 11.8 Å². The van der Waals surface area contributed by atoms with E-state index in [1.807, 2.05) is 0 Å². The van der Waals surface area contributed by atoms with Crippen LogP contribution in [0, 0.1) is 15.9 Å². The third kappa shape index (κ3) is 4.27. The van der Waals surface area contributed by atoms with Gasteiger partial charge < -0.3 is 10.1 Å². The first-order valence-corrected chi connectivity index (χ1v) is 8.56. The Bertz CT molecular complexity index is 813. The fraction of sp³-hybridized carbons (Fsp3) is 0.235. The van der Waals surface area contributed by atoms with Crippen molar-refractivity contribution in [3.05, 3.63) is 63.5 Å². The molecular weight excluding hydrogens is 347 g/mol. The molecule has 0 saturated carbocycles. The van der Waals surface area contributed by atoms with Gasteiger partial charge in [-0.05, 0) is 43.5 Å². The zero-order valence-electron chi connectivity index (χ0n) is 13.9. The van der Waals surface area contributed by atoms with E-state index in [1.165, 1.54) is 55.3 Å². The molecule has 2 aromatic carbocycles. The van der Waals surface area contributed by atoms with Crippen LogP contribution in [0.2, 0.25) is 0 Å². The molecule has 2 rings (SSSR count). The molecular formula is C17H17FN2O4S. The Morgan fingerprint density at radius 3 is 2.64 bits per heavy atom. The summed E-state index contributed by atoms with van der Waals surface area (Å²) in [5.41, 5.74) is 0.508. The van der Waals surface area contributed by atoms with Gasteiger partial charge in [0.1, 0.15) is 11.6 Å². The van der Waals surface area contributed by atoms with Gasteiger partial charge in [0.05, 0.1) is 23.0 Å². The molecule has 0 aliphatic carbocycles. The lowest BCUT2D eigenvalue weighted by Gasteiger charge is -2.17. The van der Waals surface area contributed by atoms with Crippen LogP contribution < -0.4 is 10.1 Å². The van der Waals surface area contributed by atoms with Crippen LogP contribution in [0.5, 0.6) is 5.75 Å². The Kier molecular flexibility index (Phi) is 5.97. The van der Waals surface area contributed by atoms with E-state index in [9.17, 15) is 19.3 Å². The fourth-order valence-corrected chi connectivity index (χ4v) is 2.92. The van der Waals surface area contributed by atoms with E-state index in [2.05, 4.69) is 5.32 Å². The van der Waals surface area contributed by atoms with Gasteiger partial charge in [0.25, 0.3) is 11.6 Å². The molecule has 0 aliphatic rings. The molecule has 6 nitrogen and oxygen atoms in total. The molecule has 1 N–H and O–H groups in total. The predicted octanol–water partition coefficient (Wildman–Crippen LogP) is 3.96. The molecule has 0 bridgehead atoms. The number of halogens is 1. The monoisotopic (exact) mass is 364 g/mol. The molecule has 0 aliphatic heterocycles. The third-order valence-corrected chi connectivity index (χ3v) is 4.43. The van der Waals surface area contributed by atoms with Crippen LogP contribution in [0.3, 0.4) is 0 Å². The number of carbonyl (C=O) groups excluding carboxylic acids is 1. The minimum atomic E-state index is -0.544. The maximum Gasteiger partial charge on any atom is 0.283 e. The first-order chi connectivity index (χ1) is 11.9. The maximum atomic E-state index is 13.5. The van der Waals surface area contributed by atoms with E-state index >= 15 is 0 Å². The van der Waals surface area contributed by atoms with E-state index in [1.54, 1.807) is 13.2 Å². The van der Waals surface area contributed by atoms with E-state index in [0.29, 0.717) is 16.2 Å². The summed E-state index contributed by atoms with van der Waals surface area (Å²) in [6.07, 6.45) is 1.72. The Labute approximate surface area is 148 Å². The Morgan fingerprint density at radius 1 is 1.32 bits per heavy atom. The topological polar surface area (TPSA) is 81.5 Å². The quantitative estimate of drug-likeness (QED) is 0.477. The highest BCUT2D eigenvalue weighted by Gasteiger charge is 2.20. The van der Waals surface area contributed by atoms with Gasteiger partial charge in [-0.25, -0.2) is 4.39 Å². The Morgan fingerprint density at radius 2 is 2.04 bits per heavy atom. The van der Waals surface area contributed by atoms with Gasteiger partial charge in [-0.1, -0.05) is 0 Å².